The van der Waals surface area contributed by atoms with Crippen molar-refractivity contribution in [3.8, 4) is 0 Å². The Hall–Kier alpha value is -1.35. The molecule has 19 heavy (non-hydrogen) atoms. The zero-order valence-electron chi connectivity index (χ0n) is 11.8. The Morgan fingerprint density at radius 1 is 1.42 bits per heavy atom. The monoisotopic (exact) mass is 258 g/mol. The van der Waals surface area contributed by atoms with E-state index >= 15 is 0 Å². The lowest BCUT2D eigenvalue weighted by atomic mass is 9.87. The van der Waals surface area contributed by atoms with Crippen LogP contribution in [0.3, 0.4) is 0 Å². The summed E-state index contributed by atoms with van der Waals surface area (Å²) < 4.78 is 0. The molecular formula is C16H22N2O. The van der Waals surface area contributed by atoms with E-state index in [9.17, 15) is 4.79 Å². The van der Waals surface area contributed by atoms with Crippen LogP contribution in [0.1, 0.15) is 24.5 Å². The third-order valence-electron chi connectivity index (χ3n) is 4.54. The fourth-order valence-electron chi connectivity index (χ4n) is 3.03. The maximum atomic E-state index is 12.7. The summed E-state index contributed by atoms with van der Waals surface area (Å²) in [6.45, 7) is 7.03. The quantitative estimate of drug-likeness (QED) is 0.881. The summed E-state index contributed by atoms with van der Waals surface area (Å²) in [5.41, 5.74) is 3.70. The van der Waals surface area contributed by atoms with E-state index < -0.39 is 0 Å². The molecule has 2 aliphatic rings. The highest BCUT2D eigenvalue weighted by Crippen LogP contribution is 2.30. The second-order valence-electron chi connectivity index (χ2n) is 5.93. The van der Waals surface area contributed by atoms with Crippen LogP contribution >= 0.6 is 0 Å². The zero-order valence-corrected chi connectivity index (χ0v) is 11.8. The number of anilines is 1. The second kappa shape index (κ2) is 4.97. The fourth-order valence-corrected chi connectivity index (χ4v) is 3.03. The fraction of sp³-hybridized carbons (Fsp3) is 0.562. The molecule has 1 atom stereocenters. The topological polar surface area (TPSA) is 32.3 Å². The maximum Gasteiger partial charge on any atom is 0.230 e. The molecule has 3 rings (SSSR count). The highest BCUT2D eigenvalue weighted by Gasteiger charge is 2.33. The summed E-state index contributed by atoms with van der Waals surface area (Å²) in [6.07, 6.45) is 2.18. The molecule has 1 fully saturated rings. The Labute approximate surface area is 115 Å². The van der Waals surface area contributed by atoms with Crippen molar-refractivity contribution < 1.29 is 4.79 Å². The van der Waals surface area contributed by atoms with Gasteiger partial charge in [0.25, 0.3) is 0 Å². The first kappa shape index (κ1) is 12.7. The minimum Gasteiger partial charge on any atom is -0.316 e. The molecule has 0 bridgehead atoms. The molecule has 0 saturated carbocycles. The Balaban J connectivity index is 1.86. The standard InChI is InChI=1S/C16H22N2O/c1-11-5-6-13-4-3-7-18(15(13)8-11)16(19)12(2)14-9-17-10-14/h5-6,8,12,14,17H,3-4,7,9-10H2,1-2H3. The van der Waals surface area contributed by atoms with Crippen LogP contribution in [0.2, 0.25) is 0 Å². The van der Waals surface area contributed by atoms with Crippen molar-refractivity contribution in [1.29, 1.82) is 0 Å². The van der Waals surface area contributed by atoms with Crippen molar-refractivity contribution in [3.63, 3.8) is 0 Å². The maximum absolute atomic E-state index is 12.7. The van der Waals surface area contributed by atoms with Gasteiger partial charge in [-0.1, -0.05) is 19.1 Å². The first-order chi connectivity index (χ1) is 9.16. The van der Waals surface area contributed by atoms with Crippen LogP contribution < -0.4 is 10.2 Å². The van der Waals surface area contributed by atoms with E-state index in [0.717, 1.165) is 38.2 Å². The van der Waals surface area contributed by atoms with Crippen LogP contribution in [0.5, 0.6) is 0 Å². The van der Waals surface area contributed by atoms with Gasteiger partial charge < -0.3 is 10.2 Å². The predicted octanol–water partition coefficient (Wildman–Crippen LogP) is 2.13. The Bertz CT molecular complexity index is 494. The van der Waals surface area contributed by atoms with Gasteiger partial charge in [-0.15, -0.1) is 0 Å². The number of nitrogens with zero attached hydrogens (tertiary/aromatic N) is 1. The van der Waals surface area contributed by atoms with Crippen LogP contribution in [0.25, 0.3) is 0 Å². The van der Waals surface area contributed by atoms with Crippen molar-refractivity contribution >= 4 is 11.6 Å². The minimum atomic E-state index is 0.132. The highest BCUT2D eigenvalue weighted by atomic mass is 16.2. The smallest absolute Gasteiger partial charge is 0.230 e. The molecule has 2 heterocycles. The summed E-state index contributed by atoms with van der Waals surface area (Å²) in [5, 5.41) is 3.26. The van der Waals surface area contributed by atoms with E-state index in [2.05, 4.69) is 37.4 Å². The number of amides is 1. The second-order valence-corrected chi connectivity index (χ2v) is 5.93. The van der Waals surface area contributed by atoms with E-state index in [4.69, 9.17) is 0 Å². The predicted molar refractivity (Wildman–Crippen MR) is 77.4 cm³/mol. The molecule has 1 saturated heterocycles. The number of hydrogen-bond acceptors (Lipinski definition) is 2. The van der Waals surface area contributed by atoms with Gasteiger partial charge in [0.15, 0.2) is 0 Å². The lowest BCUT2D eigenvalue weighted by molar-refractivity contribution is -0.124. The molecule has 1 aromatic carbocycles. The Kier molecular flexibility index (Phi) is 3.31. The van der Waals surface area contributed by atoms with Crippen LogP contribution in [-0.2, 0) is 11.2 Å². The van der Waals surface area contributed by atoms with Crippen molar-refractivity contribution in [1.82, 2.24) is 5.32 Å². The van der Waals surface area contributed by atoms with Gasteiger partial charge in [-0.05, 0) is 56.0 Å². The first-order valence-electron chi connectivity index (χ1n) is 7.28. The molecular weight excluding hydrogens is 236 g/mol. The molecule has 0 aliphatic carbocycles. The van der Waals surface area contributed by atoms with E-state index in [1.54, 1.807) is 0 Å². The van der Waals surface area contributed by atoms with Crippen LogP contribution in [0, 0.1) is 18.8 Å². The van der Waals surface area contributed by atoms with Crippen molar-refractivity contribution in [2.24, 2.45) is 11.8 Å². The summed E-state index contributed by atoms with van der Waals surface area (Å²) in [5.74, 6) is 0.952. The molecule has 1 amide bonds. The number of benzene rings is 1. The SMILES string of the molecule is Cc1ccc2c(c1)N(C(=O)C(C)C1CNC1)CCC2. The molecule has 0 spiro atoms. The van der Waals surface area contributed by atoms with Gasteiger partial charge in [0, 0.05) is 18.2 Å². The number of carbonyl (C=O) groups excluding carboxylic acids is 1. The van der Waals surface area contributed by atoms with Crippen LogP contribution in [-0.4, -0.2) is 25.5 Å². The number of hydrogen-bond donors (Lipinski definition) is 1. The number of carbonyl (C=O) groups is 1. The normalized spacial score (nSPS) is 20.6. The molecule has 3 heteroatoms. The lowest BCUT2D eigenvalue weighted by Crippen LogP contribution is -2.51. The van der Waals surface area contributed by atoms with Crippen molar-refractivity contribution in [3.05, 3.63) is 29.3 Å². The minimum absolute atomic E-state index is 0.132. The van der Waals surface area contributed by atoms with Gasteiger partial charge in [-0.25, -0.2) is 0 Å². The third kappa shape index (κ3) is 2.27. The zero-order chi connectivity index (χ0) is 13.4. The van der Waals surface area contributed by atoms with Gasteiger partial charge in [0.05, 0.1) is 0 Å². The number of nitrogens with one attached hydrogen (secondary N) is 1. The van der Waals surface area contributed by atoms with Crippen molar-refractivity contribution in [2.75, 3.05) is 24.5 Å². The van der Waals surface area contributed by atoms with Crippen molar-refractivity contribution in [2.45, 2.75) is 26.7 Å². The van der Waals surface area contributed by atoms with Crippen LogP contribution in [0.15, 0.2) is 18.2 Å². The summed E-state index contributed by atoms with van der Waals surface area (Å²) in [7, 11) is 0. The largest absolute Gasteiger partial charge is 0.316 e. The molecule has 3 nitrogen and oxygen atoms in total. The number of aryl methyl sites for hydroxylation is 2. The molecule has 1 unspecified atom stereocenters. The average molecular weight is 258 g/mol. The van der Waals surface area contributed by atoms with Gasteiger partial charge in [0.1, 0.15) is 0 Å². The van der Waals surface area contributed by atoms with Gasteiger partial charge in [-0.2, -0.15) is 0 Å². The molecule has 102 valence electrons. The Morgan fingerprint density at radius 3 is 2.89 bits per heavy atom. The molecule has 1 aromatic rings. The van der Waals surface area contributed by atoms with Gasteiger partial charge in [0.2, 0.25) is 5.91 Å². The molecule has 2 aliphatic heterocycles. The summed E-state index contributed by atoms with van der Waals surface area (Å²) in [6, 6.07) is 6.49. The summed E-state index contributed by atoms with van der Waals surface area (Å²) in [4.78, 5) is 14.7. The van der Waals surface area contributed by atoms with E-state index in [-0.39, 0.29) is 5.92 Å². The number of rotatable bonds is 2. The van der Waals surface area contributed by atoms with E-state index in [1.165, 1.54) is 11.1 Å². The molecule has 0 aromatic heterocycles. The Morgan fingerprint density at radius 2 is 2.21 bits per heavy atom. The highest BCUT2D eigenvalue weighted by molar-refractivity contribution is 5.96. The summed E-state index contributed by atoms with van der Waals surface area (Å²) >= 11 is 0. The lowest BCUT2D eigenvalue weighted by Gasteiger charge is -2.37. The third-order valence-corrected chi connectivity index (χ3v) is 4.54. The number of fused-ring (bicyclic) bond motifs is 1. The molecule has 0 radical (unpaired) electrons. The molecule has 1 N–H and O–H groups in total. The van der Waals surface area contributed by atoms with Crippen LogP contribution in [0.4, 0.5) is 5.69 Å². The average Bonchev–Trinajstić information content (AvgIpc) is 2.35. The first-order valence-corrected chi connectivity index (χ1v) is 7.28. The van der Waals surface area contributed by atoms with Gasteiger partial charge >= 0.3 is 0 Å². The van der Waals surface area contributed by atoms with E-state index in [1.807, 2.05) is 4.90 Å². The van der Waals surface area contributed by atoms with Gasteiger partial charge in [-0.3, -0.25) is 4.79 Å². The van der Waals surface area contributed by atoms with E-state index in [0.29, 0.717) is 11.8 Å².